The smallest absolute Gasteiger partial charge is 0.408 e. The minimum atomic E-state index is -0.518. The molecule has 0 heterocycles. The number of hydrogen-bond acceptors (Lipinski definition) is 3. The number of alkyl carbamates (subject to hydrolysis) is 1. The van der Waals surface area contributed by atoms with Crippen molar-refractivity contribution in [2.24, 2.45) is 0 Å². The van der Waals surface area contributed by atoms with Gasteiger partial charge >= 0.3 is 6.09 Å². The monoisotopic (exact) mass is 259 g/mol. The van der Waals surface area contributed by atoms with Crippen LogP contribution in [0.15, 0.2) is 24.3 Å². The van der Waals surface area contributed by atoms with Gasteiger partial charge in [0.1, 0.15) is 11.9 Å². The number of benzene rings is 1. The van der Waals surface area contributed by atoms with E-state index in [0.29, 0.717) is 5.56 Å². The maximum Gasteiger partial charge on any atom is 0.408 e. The molecule has 4 nitrogen and oxygen atoms in total. The van der Waals surface area contributed by atoms with E-state index in [0.717, 1.165) is 11.8 Å². The molecule has 100 valence electrons. The average molecular weight is 259 g/mol. The first kappa shape index (κ1) is 14.8. The third-order valence-electron chi connectivity index (χ3n) is 1.98. The fourth-order valence-electron chi connectivity index (χ4n) is 1.27. The molecule has 19 heavy (non-hydrogen) atoms. The van der Waals surface area contributed by atoms with Gasteiger partial charge in [0.2, 0.25) is 0 Å². The van der Waals surface area contributed by atoms with E-state index in [1.807, 2.05) is 0 Å². The number of carbonyl (C=O) groups is 2. The first-order valence-electron chi connectivity index (χ1n) is 5.92. The molecule has 1 rings (SSSR count). The summed E-state index contributed by atoms with van der Waals surface area (Å²) in [4.78, 5) is 21.9. The summed E-state index contributed by atoms with van der Waals surface area (Å²) < 4.78 is 5.06. The van der Waals surface area contributed by atoms with E-state index in [1.54, 1.807) is 45.0 Å². The summed E-state index contributed by atoms with van der Waals surface area (Å²) >= 11 is 0. The number of carbonyl (C=O) groups excluding carboxylic acids is 2. The maximum absolute atomic E-state index is 11.3. The fourth-order valence-corrected chi connectivity index (χ4v) is 1.27. The van der Waals surface area contributed by atoms with Crippen molar-refractivity contribution in [2.45, 2.75) is 26.4 Å². The van der Waals surface area contributed by atoms with Gasteiger partial charge in [0.25, 0.3) is 0 Å². The largest absolute Gasteiger partial charge is 0.444 e. The van der Waals surface area contributed by atoms with Crippen LogP contribution >= 0.6 is 0 Å². The summed E-state index contributed by atoms with van der Waals surface area (Å²) in [6.45, 7) is 5.58. The van der Waals surface area contributed by atoms with Crippen LogP contribution in [0.25, 0.3) is 0 Å². The maximum atomic E-state index is 11.3. The van der Waals surface area contributed by atoms with Gasteiger partial charge in [-0.1, -0.05) is 24.0 Å². The lowest BCUT2D eigenvalue weighted by molar-refractivity contribution is 0.0535. The Morgan fingerprint density at radius 2 is 2.16 bits per heavy atom. The van der Waals surface area contributed by atoms with Crippen LogP contribution in [0, 0.1) is 11.8 Å². The van der Waals surface area contributed by atoms with Crippen molar-refractivity contribution in [3.05, 3.63) is 35.4 Å². The highest BCUT2D eigenvalue weighted by molar-refractivity contribution is 5.75. The van der Waals surface area contributed by atoms with E-state index >= 15 is 0 Å². The zero-order chi connectivity index (χ0) is 14.3. The molecular weight excluding hydrogens is 242 g/mol. The van der Waals surface area contributed by atoms with Crippen molar-refractivity contribution in [2.75, 3.05) is 6.54 Å². The van der Waals surface area contributed by atoms with Crippen molar-refractivity contribution < 1.29 is 14.3 Å². The Bertz CT molecular complexity index is 518. The van der Waals surface area contributed by atoms with Crippen LogP contribution in [0.1, 0.15) is 36.7 Å². The van der Waals surface area contributed by atoms with Gasteiger partial charge in [0.15, 0.2) is 0 Å². The average Bonchev–Trinajstić information content (AvgIpc) is 2.33. The summed E-state index contributed by atoms with van der Waals surface area (Å²) in [6, 6.07) is 6.95. The fraction of sp³-hybridized carbons (Fsp3) is 0.333. The first-order chi connectivity index (χ1) is 8.90. The number of hydrogen-bond donors (Lipinski definition) is 1. The van der Waals surface area contributed by atoms with Crippen molar-refractivity contribution >= 4 is 12.4 Å². The summed E-state index contributed by atoms with van der Waals surface area (Å²) in [5.41, 5.74) is 0.790. The van der Waals surface area contributed by atoms with Gasteiger partial charge in [-0.25, -0.2) is 4.79 Å². The van der Waals surface area contributed by atoms with E-state index in [2.05, 4.69) is 17.2 Å². The van der Waals surface area contributed by atoms with Crippen LogP contribution in [-0.2, 0) is 4.74 Å². The zero-order valence-corrected chi connectivity index (χ0v) is 11.3. The molecule has 0 aromatic heterocycles. The van der Waals surface area contributed by atoms with Gasteiger partial charge < -0.3 is 10.1 Å². The molecule has 0 aliphatic heterocycles. The highest BCUT2D eigenvalue weighted by Gasteiger charge is 2.14. The minimum absolute atomic E-state index is 0.195. The predicted molar refractivity (Wildman–Crippen MR) is 72.9 cm³/mol. The minimum Gasteiger partial charge on any atom is -0.444 e. The van der Waals surface area contributed by atoms with Gasteiger partial charge in [0, 0.05) is 11.1 Å². The van der Waals surface area contributed by atoms with E-state index in [4.69, 9.17) is 4.74 Å². The third-order valence-corrected chi connectivity index (χ3v) is 1.98. The summed E-state index contributed by atoms with van der Waals surface area (Å²) in [5.74, 6) is 5.65. The Balaban J connectivity index is 2.47. The molecule has 0 saturated heterocycles. The van der Waals surface area contributed by atoms with Crippen LogP contribution in [0.4, 0.5) is 4.79 Å². The number of amides is 1. The Hall–Kier alpha value is -2.28. The van der Waals surface area contributed by atoms with Gasteiger partial charge in [-0.3, -0.25) is 4.79 Å². The summed E-state index contributed by atoms with van der Waals surface area (Å²) in [7, 11) is 0. The van der Waals surface area contributed by atoms with Crippen molar-refractivity contribution in [1.29, 1.82) is 0 Å². The predicted octanol–water partition coefficient (Wildman–Crippen LogP) is 2.38. The van der Waals surface area contributed by atoms with Crippen LogP contribution in [-0.4, -0.2) is 24.5 Å². The standard InChI is InChI=1S/C15H17NO3/c1-15(2,3)19-14(18)16-9-5-8-12-6-4-7-13(10-12)11-17/h4,6-7,10-11H,9H2,1-3H3,(H,16,18). The second-order valence-corrected chi connectivity index (χ2v) is 4.90. The number of aldehydes is 1. The first-order valence-corrected chi connectivity index (χ1v) is 5.92. The van der Waals surface area contributed by atoms with Crippen molar-refractivity contribution in [1.82, 2.24) is 5.32 Å². The van der Waals surface area contributed by atoms with E-state index in [1.165, 1.54) is 0 Å². The molecule has 1 amide bonds. The second-order valence-electron chi connectivity index (χ2n) is 4.90. The molecule has 1 aromatic carbocycles. The van der Waals surface area contributed by atoms with Gasteiger partial charge in [-0.15, -0.1) is 0 Å². The lowest BCUT2D eigenvalue weighted by Gasteiger charge is -2.18. The number of rotatable bonds is 2. The third kappa shape index (κ3) is 6.27. The lowest BCUT2D eigenvalue weighted by Crippen LogP contribution is -2.32. The van der Waals surface area contributed by atoms with Gasteiger partial charge in [-0.2, -0.15) is 0 Å². The van der Waals surface area contributed by atoms with E-state index in [9.17, 15) is 9.59 Å². The van der Waals surface area contributed by atoms with Gasteiger partial charge in [-0.05, 0) is 32.9 Å². The van der Waals surface area contributed by atoms with Gasteiger partial charge in [0.05, 0.1) is 6.54 Å². The topological polar surface area (TPSA) is 55.4 Å². The SMILES string of the molecule is CC(C)(C)OC(=O)NCC#Cc1cccc(C=O)c1. The van der Waals surface area contributed by atoms with Crippen LogP contribution in [0.5, 0.6) is 0 Å². The quantitative estimate of drug-likeness (QED) is 0.655. The van der Waals surface area contributed by atoms with Crippen LogP contribution < -0.4 is 5.32 Å². The van der Waals surface area contributed by atoms with E-state index in [-0.39, 0.29) is 6.54 Å². The lowest BCUT2D eigenvalue weighted by atomic mass is 10.1. The number of ether oxygens (including phenoxy) is 1. The normalized spacial score (nSPS) is 10.1. The zero-order valence-electron chi connectivity index (χ0n) is 11.3. The molecule has 1 aromatic rings. The Morgan fingerprint density at radius 1 is 1.42 bits per heavy atom. The highest BCUT2D eigenvalue weighted by atomic mass is 16.6. The Labute approximate surface area is 113 Å². The molecule has 0 unspecified atom stereocenters. The highest BCUT2D eigenvalue weighted by Crippen LogP contribution is 2.06. The molecule has 0 atom stereocenters. The molecule has 4 heteroatoms. The number of nitrogens with one attached hydrogen (secondary N) is 1. The van der Waals surface area contributed by atoms with Crippen molar-refractivity contribution in [3.8, 4) is 11.8 Å². The molecule has 0 saturated carbocycles. The molecule has 1 N–H and O–H groups in total. The molecule has 0 radical (unpaired) electrons. The Morgan fingerprint density at radius 3 is 2.79 bits per heavy atom. The molecular formula is C15H17NO3. The van der Waals surface area contributed by atoms with E-state index < -0.39 is 11.7 Å². The summed E-state index contributed by atoms with van der Waals surface area (Å²) in [6.07, 6.45) is 0.271. The second kappa shape index (κ2) is 6.60. The molecule has 0 aliphatic carbocycles. The molecule has 0 bridgehead atoms. The molecule has 0 aliphatic rings. The summed E-state index contributed by atoms with van der Waals surface area (Å²) in [5, 5.41) is 2.53. The van der Waals surface area contributed by atoms with Crippen molar-refractivity contribution in [3.63, 3.8) is 0 Å². The molecule has 0 fully saturated rings. The van der Waals surface area contributed by atoms with Crippen LogP contribution in [0.3, 0.4) is 0 Å². The Kier molecular flexibility index (Phi) is 5.13. The van der Waals surface area contributed by atoms with Crippen LogP contribution in [0.2, 0.25) is 0 Å². The molecule has 0 spiro atoms.